The van der Waals surface area contributed by atoms with Gasteiger partial charge in [0, 0.05) is 12.5 Å². The van der Waals surface area contributed by atoms with Gasteiger partial charge < -0.3 is 5.32 Å². The predicted molar refractivity (Wildman–Crippen MR) is 67.3 cm³/mol. The number of hydrogen-bond acceptors (Lipinski definition) is 1. The molecule has 1 rings (SSSR count). The molecular weight excluding hydrogens is 198 g/mol. The van der Waals surface area contributed by atoms with Crippen LogP contribution in [0.25, 0.3) is 0 Å². The Labute approximate surface area is 98.1 Å². The Morgan fingerprint density at radius 3 is 2.44 bits per heavy atom. The molecule has 0 aliphatic rings. The topological polar surface area (TPSA) is 29.1 Å². The molecule has 0 saturated carbocycles. The number of carbonyl (C=O) groups excluding carboxylic acids is 1. The van der Waals surface area contributed by atoms with E-state index in [0.717, 1.165) is 6.42 Å². The Morgan fingerprint density at radius 2 is 1.88 bits per heavy atom. The molecule has 0 heterocycles. The van der Waals surface area contributed by atoms with Gasteiger partial charge in [-0.3, -0.25) is 4.79 Å². The summed E-state index contributed by atoms with van der Waals surface area (Å²) >= 11 is 0. The fraction of sp³-hybridized carbons (Fsp3) is 0.500. The average Bonchev–Trinajstić information content (AvgIpc) is 2.35. The molecule has 2 heteroatoms. The average molecular weight is 219 g/mol. The van der Waals surface area contributed by atoms with Gasteiger partial charge in [0.15, 0.2) is 0 Å². The standard InChI is InChI=1S/C14H21NO/c1-4-11(2)14(16)15-10-12(3)13-8-6-5-7-9-13/h5-9,11-12H,4,10H2,1-3H3,(H,15,16). The van der Waals surface area contributed by atoms with E-state index >= 15 is 0 Å². The van der Waals surface area contributed by atoms with E-state index in [1.54, 1.807) is 0 Å². The number of hydrogen-bond donors (Lipinski definition) is 1. The Kier molecular flexibility index (Phi) is 5.03. The van der Waals surface area contributed by atoms with E-state index in [9.17, 15) is 4.79 Å². The summed E-state index contributed by atoms with van der Waals surface area (Å²) in [5, 5.41) is 2.99. The van der Waals surface area contributed by atoms with E-state index in [1.165, 1.54) is 5.56 Å². The molecule has 0 aromatic heterocycles. The summed E-state index contributed by atoms with van der Waals surface area (Å²) < 4.78 is 0. The first-order valence-corrected chi connectivity index (χ1v) is 5.97. The van der Waals surface area contributed by atoms with Crippen LogP contribution in [0.2, 0.25) is 0 Å². The number of benzene rings is 1. The molecule has 2 atom stereocenters. The van der Waals surface area contributed by atoms with Gasteiger partial charge in [-0.1, -0.05) is 51.1 Å². The number of carbonyl (C=O) groups is 1. The third-order valence-electron chi connectivity index (χ3n) is 3.01. The lowest BCUT2D eigenvalue weighted by atomic mass is 10.0. The summed E-state index contributed by atoms with van der Waals surface area (Å²) in [4.78, 5) is 11.6. The number of nitrogens with one attached hydrogen (secondary N) is 1. The molecule has 0 bridgehead atoms. The van der Waals surface area contributed by atoms with Crippen molar-refractivity contribution in [1.82, 2.24) is 5.32 Å². The Balaban J connectivity index is 2.42. The highest BCUT2D eigenvalue weighted by molar-refractivity contribution is 5.78. The van der Waals surface area contributed by atoms with Crippen molar-refractivity contribution in [3.63, 3.8) is 0 Å². The molecule has 1 amide bonds. The quantitative estimate of drug-likeness (QED) is 0.810. The SMILES string of the molecule is CCC(C)C(=O)NCC(C)c1ccccc1. The van der Waals surface area contributed by atoms with Crippen LogP contribution in [0.1, 0.15) is 38.7 Å². The lowest BCUT2D eigenvalue weighted by Crippen LogP contribution is -2.31. The third kappa shape index (κ3) is 3.69. The van der Waals surface area contributed by atoms with Crippen LogP contribution in [0, 0.1) is 5.92 Å². The van der Waals surface area contributed by atoms with Crippen LogP contribution < -0.4 is 5.32 Å². The minimum Gasteiger partial charge on any atom is -0.355 e. The number of amides is 1. The van der Waals surface area contributed by atoms with Crippen LogP contribution in [0.4, 0.5) is 0 Å². The van der Waals surface area contributed by atoms with Gasteiger partial charge in [0.1, 0.15) is 0 Å². The van der Waals surface area contributed by atoms with E-state index in [2.05, 4.69) is 24.4 Å². The molecule has 1 N–H and O–H groups in total. The largest absolute Gasteiger partial charge is 0.355 e. The summed E-state index contributed by atoms with van der Waals surface area (Å²) in [6, 6.07) is 10.3. The fourth-order valence-corrected chi connectivity index (χ4v) is 1.51. The Hall–Kier alpha value is -1.31. The zero-order chi connectivity index (χ0) is 12.0. The van der Waals surface area contributed by atoms with Crippen LogP contribution in [-0.4, -0.2) is 12.5 Å². The van der Waals surface area contributed by atoms with Gasteiger partial charge in [-0.15, -0.1) is 0 Å². The Bertz CT molecular complexity index is 321. The first-order valence-electron chi connectivity index (χ1n) is 5.97. The van der Waals surface area contributed by atoms with Crippen LogP contribution in [0.5, 0.6) is 0 Å². The van der Waals surface area contributed by atoms with Crippen molar-refractivity contribution in [3.05, 3.63) is 35.9 Å². The lowest BCUT2D eigenvalue weighted by molar-refractivity contribution is -0.124. The summed E-state index contributed by atoms with van der Waals surface area (Å²) in [7, 11) is 0. The smallest absolute Gasteiger partial charge is 0.222 e. The Morgan fingerprint density at radius 1 is 1.25 bits per heavy atom. The van der Waals surface area contributed by atoms with Gasteiger partial charge in [-0.25, -0.2) is 0 Å². The maximum Gasteiger partial charge on any atom is 0.222 e. The maximum atomic E-state index is 11.6. The predicted octanol–water partition coefficient (Wildman–Crippen LogP) is 2.95. The first-order chi connectivity index (χ1) is 7.65. The van der Waals surface area contributed by atoms with Crippen LogP contribution in [-0.2, 0) is 4.79 Å². The highest BCUT2D eigenvalue weighted by Gasteiger charge is 2.11. The molecule has 0 fully saturated rings. The molecule has 1 aromatic carbocycles. The van der Waals surface area contributed by atoms with Crippen molar-refractivity contribution < 1.29 is 4.79 Å². The summed E-state index contributed by atoms with van der Waals surface area (Å²) in [5.41, 5.74) is 1.27. The maximum absolute atomic E-state index is 11.6. The van der Waals surface area contributed by atoms with Gasteiger partial charge >= 0.3 is 0 Å². The first kappa shape index (κ1) is 12.8. The molecule has 2 unspecified atom stereocenters. The van der Waals surface area contributed by atoms with Crippen molar-refractivity contribution in [1.29, 1.82) is 0 Å². The van der Waals surface area contributed by atoms with Crippen molar-refractivity contribution in [3.8, 4) is 0 Å². The van der Waals surface area contributed by atoms with E-state index < -0.39 is 0 Å². The lowest BCUT2D eigenvalue weighted by Gasteiger charge is -2.15. The number of rotatable bonds is 5. The molecule has 0 aliphatic heterocycles. The molecule has 0 saturated heterocycles. The van der Waals surface area contributed by atoms with Crippen molar-refractivity contribution in [2.45, 2.75) is 33.1 Å². The van der Waals surface area contributed by atoms with Crippen LogP contribution in [0.15, 0.2) is 30.3 Å². The zero-order valence-electron chi connectivity index (χ0n) is 10.4. The second-order valence-electron chi connectivity index (χ2n) is 4.37. The highest BCUT2D eigenvalue weighted by Crippen LogP contribution is 2.13. The summed E-state index contributed by atoms with van der Waals surface area (Å²) in [5.74, 6) is 0.641. The van der Waals surface area contributed by atoms with Crippen LogP contribution >= 0.6 is 0 Å². The summed E-state index contributed by atoms with van der Waals surface area (Å²) in [6.07, 6.45) is 0.894. The summed E-state index contributed by atoms with van der Waals surface area (Å²) in [6.45, 7) is 6.84. The molecular formula is C14H21NO. The van der Waals surface area contributed by atoms with Gasteiger partial charge in [-0.2, -0.15) is 0 Å². The van der Waals surface area contributed by atoms with Gasteiger partial charge in [-0.05, 0) is 17.9 Å². The molecule has 16 heavy (non-hydrogen) atoms. The van der Waals surface area contributed by atoms with E-state index in [1.807, 2.05) is 32.0 Å². The van der Waals surface area contributed by atoms with E-state index in [4.69, 9.17) is 0 Å². The van der Waals surface area contributed by atoms with Crippen molar-refractivity contribution in [2.75, 3.05) is 6.54 Å². The van der Waals surface area contributed by atoms with Gasteiger partial charge in [0.25, 0.3) is 0 Å². The van der Waals surface area contributed by atoms with Crippen molar-refractivity contribution >= 4 is 5.91 Å². The van der Waals surface area contributed by atoms with Gasteiger partial charge in [0.05, 0.1) is 0 Å². The van der Waals surface area contributed by atoms with Crippen molar-refractivity contribution in [2.24, 2.45) is 5.92 Å². The van der Waals surface area contributed by atoms with E-state index in [-0.39, 0.29) is 11.8 Å². The molecule has 88 valence electrons. The molecule has 2 nitrogen and oxygen atoms in total. The van der Waals surface area contributed by atoms with E-state index in [0.29, 0.717) is 12.5 Å². The third-order valence-corrected chi connectivity index (χ3v) is 3.01. The minimum atomic E-state index is 0.114. The normalized spacial score (nSPS) is 14.2. The second kappa shape index (κ2) is 6.31. The molecule has 0 aliphatic carbocycles. The van der Waals surface area contributed by atoms with Crippen LogP contribution in [0.3, 0.4) is 0 Å². The second-order valence-corrected chi connectivity index (χ2v) is 4.37. The van der Waals surface area contributed by atoms with Gasteiger partial charge in [0.2, 0.25) is 5.91 Å². The fourth-order valence-electron chi connectivity index (χ4n) is 1.51. The molecule has 1 aromatic rings. The highest BCUT2D eigenvalue weighted by atomic mass is 16.1. The zero-order valence-corrected chi connectivity index (χ0v) is 10.4. The molecule has 0 radical (unpaired) electrons. The minimum absolute atomic E-state index is 0.114. The monoisotopic (exact) mass is 219 g/mol. The molecule has 0 spiro atoms.